The maximum Gasteiger partial charge on any atom is 0.518 e. The molecule has 1 aromatic carbocycles. The fourth-order valence-electron chi connectivity index (χ4n) is 2.58. The molecule has 1 aromatic rings. The molecule has 0 saturated carbocycles. The molecule has 0 bridgehead atoms. The Morgan fingerprint density at radius 1 is 1.09 bits per heavy atom. The summed E-state index contributed by atoms with van der Waals surface area (Å²) in [6.07, 6.45) is 0.995. The number of benzene rings is 1. The van der Waals surface area contributed by atoms with E-state index in [2.05, 4.69) is 55.7 Å². The Morgan fingerprint density at radius 3 is 2.18 bits per heavy atom. The molecule has 0 radical (unpaired) electrons. The van der Waals surface area contributed by atoms with Crippen molar-refractivity contribution in [2.24, 2.45) is 0 Å². The topological polar surface area (TPSA) is 51.8 Å². The Hall–Kier alpha value is -0.763. The van der Waals surface area contributed by atoms with E-state index in [-0.39, 0.29) is 11.8 Å². The molecule has 0 aliphatic heterocycles. The third-order valence-electron chi connectivity index (χ3n) is 4.00. The second kappa shape index (κ2) is 9.39. The lowest BCUT2D eigenvalue weighted by Gasteiger charge is -2.34. The summed E-state index contributed by atoms with van der Waals surface area (Å²) in [5, 5.41) is 7.02. The van der Waals surface area contributed by atoms with E-state index in [0.29, 0.717) is 0 Å². The lowest BCUT2D eigenvalue weighted by Crippen LogP contribution is -2.63. The summed E-state index contributed by atoms with van der Waals surface area (Å²) < 4.78 is 16.7. The highest BCUT2D eigenvalue weighted by molar-refractivity contribution is 6.62. The Labute approximate surface area is 135 Å². The summed E-state index contributed by atoms with van der Waals surface area (Å²) in [5.41, 5.74) is 2.65. The highest BCUT2D eigenvalue weighted by Gasteiger charge is 2.46. The van der Waals surface area contributed by atoms with Crippen molar-refractivity contribution in [3.8, 4) is 0 Å². The van der Waals surface area contributed by atoms with Crippen LogP contribution in [0.2, 0.25) is 0 Å². The van der Waals surface area contributed by atoms with Crippen molar-refractivity contribution in [2.75, 3.05) is 21.3 Å². The fourth-order valence-corrected chi connectivity index (χ4v) is 4.89. The van der Waals surface area contributed by atoms with Crippen LogP contribution in [0.4, 0.5) is 0 Å². The SMILES string of the molecule is CCC(NC(C)NCc1ccccc1C)[Si](OC)(OC)OC. The number of hydrogen-bond acceptors (Lipinski definition) is 5. The normalized spacial score (nSPS) is 14.8. The second-order valence-corrected chi connectivity index (χ2v) is 8.50. The van der Waals surface area contributed by atoms with Crippen LogP contribution >= 0.6 is 0 Å². The summed E-state index contributed by atoms with van der Waals surface area (Å²) >= 11 is 0. The van der Waals surface area contributed by atoms with Gasteiger partial charge in [0, 0.05) is 27.9 Å². The smallest absolute Gasteiger partial charge is 0.376 e. The van der Waals surface area contributed by atoms with Crippen molar-refractivity contribution in [3.05, 3.63) is 35.4 Å². The van der Waals surface area contributed by atoms with Crippen LogP contribution < -0.4 is 10.6 Å². The largest absolute Gasteiger partial charge is 0.518 e. The average molecular weight is 327 g/mol. The van der Waals surface area contributed by atoms with E-state index >= 15 is 0 Å². The summed E-state index contributed by atoms with van der Waals surface area (Å²) in [6.45, 7) is 7.15. The van der Waals surface area contributed by atoms with Gasteiger partial charge in [0.25, 0.3) is 0 Å². The fraction of sp³-hybridized carbons (Fsp3) is 0.625. The van der Waals surface area contributed by atoms with Crippen molar-refractivity contribution >= 4 is 8.80 Å². The zero-order valence-corrected chi connectivity index (χ0v) is 15.6. The number of nitrogens with one attached hydrogen (secondary N) is 2. The molecule has 0 heterocycles. The Kier molecular flexibility index (Phi) is 8.23. The van der Waals surface area contributed by atoms with E-state index in [1.807, 2.05) is 0 Å². The molecule has 0 fully saturated rings. The van der Waals surface area contributed by atoms with Gasteiger partial charge in [-0.1, -0.05) is 31.2 Å². The molecule has 1 rings (SSSR count). The zero-order chi connectivity index (χ0) is 16.6. The van der Waals surface area contributed by atoms with Crippen LogP contribution in [0.25, 0.3) is 0 Å². The molecule has 2 atom stereocenters. The molecule has 0 spiro atoms. The molecular formula is C16H30N2O3Si. The molecule has 126 valence electrons. The molecule has 0 aliphatic rings. The van der Waals surface area contributed by atoms with Gasteiger partial charge in [0.05, 0.1) is 11.8 Å². The minimum Gasteiger partial charge on any atom is -0.376 e. The first-order valence-electron chi connectivity index (χ1n) is 7.72. The van der Waals surface area contributed by atoms with E-state index in [0.717, 1.165) is 13.0 Å². The first-order chi connectivity index (χ1) is 10.5. The van der Waals surface area contributed by atoms with Gasteiger partial charge >= 0.3 is 8.80 Å². The van der Waals surface area contributed by atoms with Crippen molar-refractivity contribution in [2.45, 2.75) is 45.6 Å². The summed E-state index contributed by atoms with van der Waals surface area (Å²) in [7, 11) is 2.26. The molecular weight excluding hydrogens is 296 g/mol. The van der Waals surface area contributed by atoms with Crippen LogP contribution in [-0.4, -0.2) is 42.0 Å². The van der Waals surface area contributed by atoms with Crippen molar-refractivity contribution in [3.63, 3.8) is 0 Å². The van der Waals surface area contributed by atoms with Crippen LogP contribution in [-0.2, 0) is 19.8 Å². The van der Waals surface area contributed by atoms with Crippen LogP contribution in [0.3, 0.4) is 0 Å². The first-order valence-corrected chi connectivity index (χ1v) is 9.52. The van der Waals surface area contributed by atoms with Gasteiger partial charge in [0.2, 0.25) is 0 Å². The van der Waals surface area contributed by atoms with E-state index in [1.165, 1.54) is 11.1 Å². The predicted octanol–water partition coefficient (Wildman–Crippen LogP) is 2.22. The van der Waals surface area contributed by atoms with Gasteiger partial charge in [-0.05, 0) is 31.4 Å². The summed E-state index contributed by atoms with van der Waals surface area (Å²) in [4.78, 5) is 0. The minimum atomic E-state index is -2.68. The lowest BCUT2D eigenvalue weighted by atomic mass is 10.1. The molecule has 5 nitrogen and oxygen atoms in total. The predicted molar refractivity (Wildman–Crippen MR) is 91.5 cm³/mol. The van der Waals surface area contributed by atoms with Crippen LogP contribution in [0.1, 0.15) is 31.4 Å². The van der Waals surface area contributed by atoms with E-state index in [1.54, 1.807) is 21.3 Å². The average Bonchev–Trinajstić information content (AvgIpc) is 2.55. The Bertz CT molecular complexity index is 433. The minimum absolute atomic E-state index is 0.0480. The first kappa shape index (κ1) is 19.3. The molecule has 0 aromatic heterocycles. The van der Waals surface area contributed by atoms with Gasteiger partial charge < -0.3 is 13.3 Å². The van der Waals surface area contributed by atoms with Gasteiger partial charge in [-0.2, -0.15) is 0 Å². The maximum absolute atomic E-state index is 5.58. The van der Waals surface area contributed by atoms with Crippen LogP contribution in [0, 0.1) is 6.92 Å². The van der Waals surface area contributed by atoms with Gasteiger partial charge in [0.1, 0.15) is 0 Å². The molecule has 2 unspecified atom stereocenters. The Morgan fingerprint density at radius 2 is 1.68 bits per heavy atom. The van der Waals surface area contributed by atoms with Gasteiger partial charge in [0.15, 0.2) is 0 Å². The number of aryl methyl sites for hydroxylation is 1. The van der Waals surface area contributed by atoms with Crippen LogP contribution in [0.5, 0.6) is 0 Å². The second-order valence-electron chi connectivity index (χ2n) is 5.37. The molecule has 0 saturated heterocycles. The van der Waals surface area contributed by atoms with E-state index in [4.69, 9.17) is 13.3 Å². The monoisotopic (exact) mass is 326 g/mol. The molecule has 22 heavy (non-hydrogen) atoms. The van der Waals surface area contributed by atoms with Crippen molar-refractivity contribution in [1.29, 1.82) is 0 Å². The molecule has 6 heteroatoms. The highest BCUT2D eigenvalue weighted by atomic mass is 28.4. The van der Waals surface area contributed by atoms with E-state index < -0.39 is 8.80 Å². The quantitative estimate of drug-likeness (QED) is 0.510. The third kappa shape index (κ3) is 4.87. The van der Waals surface area contributed by atoms with E-state index in [9.17, 15) is 0 Å². The number of hydrogen-bond donors (Lipinski definition) is 2. The third-order valence-corrected chi connectivity index (χ3v) is 7.14. The maximum atomic E-state index is 5.58. The van der Waals surface area contributed by atoms with Crippen molar-refractivity contribution < 1.29 is 13.3 Å². The summed E-state index contributed by atoms with van der Waals surface area (Å²) in [6, 6.07) is 8.40. The molecule has 0 amide bonds. The van der Waals surface area contributed by atoms with Gasteiger partial charge in [-0.15, -0.1) is 0 Å². The van der Waals surface area contributed by atoms with Gasteiger partial charge in [-0.25, -0.2) is 0 Å². The lowest BCUT2D eigenvalue weighted by molar-refractivity contribution is 0.103. The zero-order valence-electron chi connectivity index (χ0n) is 14.6. The van der Waals surface area contributed by atoms with Crippen LogP contribution in [0.15, 0.2) is 24.3 Å². The number of rotatable bonds is 10. The standard InChI is InChI=1S/C16H30N2O3Si/c1-7-16(22(19-4,20-5)21-6)18-14(3)17-12-15-11-9-8-10-13(15)2/h8-11,14,16-18H,7,12H2,1-6H3. The molecule has 0 aliphatic carbocycles. The van der Waals surface area contributed by atoms with Crippen molar-refractivity contribution in [1.82, 2.24) is 10.6 Å². The van der Waals surface area contributed by atoms with Gasteiger partial charge in [-0.3, -0.25) is 10.6 Å². The highest BCUT2D eigenvalue weighted by Crippen LogP contribution is 2.15. The molecule has 2 N–H and O–H groups in total. The summed E-state index contributed by atoms with van der Waals surface area (Å²) in [5.74, 6) is 0. The Balaban J connectivity index is 2.62.